The number of carbonyl (C=O) groups is 2. The Bertz CT molecular complexity index is 918. The number of rotatable bonds is 1. The zero-order valence-corrected chi connectivity index (χ0v) is 24.2. The van der Waals surface area contributed by atoms with Crippen LogP contribution >= 0.6 is 0 Å². The number of ether oxygens (including phenoxy) is 1. The summed E-state index contributed by atoms with van der Waals surface area (Å²) in [6.45, 7) is 21.3. The normalized spacial score (nSPS) is 52.4. The zero-order chi connectivity index (χ0) is 25.8. The number of Topliss-reactive ketones (excluding diaryl/α,β-unsaturated/α-hetero) is 1. The monoisotopic (exact) mass is 484 g/mol. The van der Waals surface area contributed by atoms with E-state index in [1.807, 2.05) is 0 Å². The predicted octanol–water partition coefficient (Wildman–Crippen LogP) is 8.00. The number of hydrogen-bond donors (Lipinski definition) is 0. The number of hydrogen-bond acceptors (Lipinski definition) is 3. The molecule has 0 aromatic carbocycles. The van der Waals surface area contributed by atoms with Crippen LogP contribution in [0.2, 0.25) is 0 Å². The summed E-state index contributed by atoms with van der Waals surface area (Å²) in [6.07, 6.45) is 11.5. The lowest BCUT2D eigenvalue weighted by Crippen LogP contribution is -2.69. The maximum absolute atomic E-state index is 14.4. The van der Waals surface area contributed by atoms with E-state index in [-0.39, 0.29) is 39.7 Å². The first-order chi connectivity index (χ1) is 16.0. The van der Waals surface area contributed by atoms with E-state index in [0.29, 0.717) is 34.4 Å². The minimum absolute atomic E-state index is 0.00934. The molecule has 198 valence electrons. The molecule has 0 spiro atoms. The molecule has 0 aromatic rings. The molecular formula is C32H52O3. The van der Waals surface area contributed by atoms with E-state index in [1.165, 1.54) is 44.9 Å². The van der Waals surface area contributed by atoms with Crippen LogP contribution in [0.25, 0.3) is 0 Å². The lowest BCUT2D eigenvalue weighted by Gasteiger charge is -2.73. The van der Waals surface area contributed by atoms with Gasteiger partial charge in [0.15, 0.2) is 0 Å². The van der Waals surface area contributed by atoms with Crippen LogP contribution in [0.15, 0.2) is 0 Å². The predicted molar refractivity (Wildman–Crippen MR) is 141 cm³/mol. The first-order valence-electron chi connectivity index (χ1n) is 14.7. The summed E-state index contributed by atoms with van der Waals surface area (Å²) in [7, 11) is 0. The van der Waals surface area contributed by atoms with Gasteiger partial charge in [0.25, 0.3) is 0 Å². The SMILES string of the molecule is CC(=O)OC1CCC2(C)C(CCC3(C)C2CC(=O)C2C4CC(C)(C)CCC4(C)CCC23C)C1(C)C. The average molecular weight is 485 g/mol. The Morgan fingerprint density at radius 2 is 1.46 bits per heavy atom. The fourth-order valence-electron chi connectivity index (χ4n) is 11.4. The van der Waals surface area contributed by atoms with Gasteiger partial charge in [0, 0.05) is 24.7 Å². The maximum Gasteiger partial charge on any atom is 0.302 e. The highest BCUT2D eigenvalue weighted by molar-refractivity contribution is 5.84. The Kier molecular flexibility index (Phi) is 5.59. The molecule has 5 rings (SSSR count). The van der Waals surface area contributed by atoms with Crippen LogP contribution in [0.4, 0.5) is 0 Å². The summed E-state index contributed by atoms with van der Waals surface area (Å²) in [5.41, 5.74) is 1.05. The second-order valence-electron chi connectivity index (χ2n) is 16.2. The molecule has 9 unspecified atom stereocenters. The smallest absolute Gasteiger partial charge is 0.302 e. The van der Waals surface area contributed by atoms with E-state index in [4.69, 9.17) is 4.74 Å². The van der Waals surface area contributed by atoms with Gasteiger partial charge in [-0.25, -0.2) is 0 Å². The third kappa shape index (κ3) is 3.41. The molecule has 5 saturated carbocycles. The fraction of sp³-hybridized carbons (Fsp3) is 0.938. The molecule has 0 radical (unpaired) electrons. The molecule has 0 aliphatic heterocycles. The van der Waals surface area contributed by atoms with Crippen molar-refractivity contribution in [3.63, 3.8) is 0 Å². The third-order valence-electron chi connectivity index (χ3n) is 13.7. The largest absolute Gasteiger partial charge is 0.462 e. The molecule has 5 aliphatic carbocycles. The molecular weight excluding hydrogens is 432 g/mol. The van der Waals surface area contributed by atoms with Crippen molar-refractivity contribution in [2.24, 2.45) is 56.2 Å². The standard InChI is InChI=1S/C32H52O3/c1-20(33)35-25-11-12-30(7)23(28(25,4)5)10-13-31(8)24(30)18-22(34)26-21-19-27(2,3)14-15-29(21,6)16-17-32(26,31)9/h21,23-26H,10-19H2,1-9H3. The van der Waals surface area contributed by atoms with E-state index in [0.717, 1.165) is 19.3 Å². The van der Waals surface area contributed by atoms with Crippen molar-refractivity contribution in [3.8, 4) is 0 Å². The molecule has 3 heteroatoms. The number of esters is 1. The average Bonchev–Trinajstić information content (AvgIpc) is 2.73. The first kappa shape index (κ1) is 25.8. The van der Waals surface area contributed by atoms with E-state index < -0.39 is 0 Å². The van der Waals surface area contributed by atoms with Gasteiger partial charge in [-0.1, -0.05) is 55.4 Å². The summed E-state index contributed by atoms with van der Waals surface area (Å²) < 4.78 is 5.87. The molecule has 0 saturated heterocycles. The van der Waals surface area contributed by atoms with Gasteiger partial charge >= 0.3 is 5.97 Å². The number of carbonyl (C=O) groups excluding carboxylic acids is 2. The maximum atomic E-state index is 14.4. The van der Waals surface area contributed by atoms with Gasteiger partial charge in [0.05, 0.1) is 0 Å². The Balaban J connectivity index is 1.53. The van der Waals surface area contributed by atoms with Crippen molar-refractivity contribution in [3.05, 3.63) is 0 Å². The summed E-state index contributed by atoms with van der Waals surface area (Å²) >= 11 is 0. The molecule has 5 fully saturated rings. The van der Waals surface area contributed by atoms with Crippen molar-refractivity contribution >= 4 is 11.8 Å². The number of fused-ring (bicyclic) bond motifs is 7. The van der Waals surface area contributed by atoms with Crippen molar-refractivity contribution in [2.75, 3.05) is 0 Å². The van der Waals surface area contributed by atoms with Crippen LogP contribution in [-0.4, -0.2) is 17.9 Å². The molecule has 0 amide bonds. The van der Waals surface area contributed by atoms with Crippen LogP contribution in [0.5, 0.6) is 0 Å². The first-order valence-corrected chi connectivity index (χ1v) is 14.7. The quantitative estimate of drug-likeness (QED) is 0.354. The van der Waals surface area contributed by atoms with Crippen LogP contribution in [0.1, 0.15) is 127 Å². The van der Waals surface area contributed by atoms with E-state index in [2.05, 4.69) is 55.4 Å². The third-order valence-corrected chi connectivity index (χ3v) is 13.7. The van der Waals surface area contributed by atoms with Gasteiger partial charge in [0.2, 0.25) is 0 Å². The van der Waals surface area contributed by atoms with Gasteiger partial charge in [0.1, 0.15) is 11.9 Å². The highest BCUT2D eigenvalue weighted by Crippen LogP contribution is 2.76. The molecule has 0 bridgehead atoms. The Hall–Kier alpha value is -0.860. The summed E-state index contributed by atoms with van der Waals surface area (Å²) in [6, 6.07) is 0. The van der Waals surface area contributed by atoms with Gasteiger partial charge in [-0.2, -0.15) is 0 Å². The Labute approximate surface area is 214 Å². The van der Waals surface area contributed by atoms with Crippen molar-refractivity contribution in [2.45, 2.75) is 133 Å². The molecule has 0 aromatic heterocycles. The highest BCUT2D eigenvalue weighted by Gasteiger charge is 2.71. The summed E-state index contributed by atoms with van der Waals surface area (Å²) in [4.78, 5) is 26.2. The molecule has 3 nitrogen and oxygen atoms in total. The van der Waals surface area contributed by atoms with Crippen molar-refractivity contribution < 1.29 is 14.3 Å². The van der Waals surface area contributed by atoms with E-state index in [1.54, 1.807) is 6.92 Å². The fourth-order valence-corrected chi connectivity index (χ4v) is 11.4. The van der Waals surface area contributed by atoms with Crippen LogP contribution < -0.4 is 0 Å². The van der Waals surface area contributed by atoms with E-state index >= 15 is 0 Å². The van der Waals surface area contributed by atoms with Crippen LogP contribution in [0.3, 0.4) is 0 Å². The minimum Gasteiger partial charge on any atom is -0.462 e. The second kappa shape index (κ2) is 7.59. The topological polar surface area (TPSA) is 43.4 Å². The van der Waals surface area contributed by atoms with Gasteiger partial charge in [-0.05, 0) is 103 Å². The van der Waals surface area contributed by atoms with Crippen molar-refractivity contribution in [1.82, 2.24) is 0 Å². The summed E-state index contributed by atoms with van der Waals surface area (Å²) in [5, 5.41) is 0. The molecule has 9 atom stereocenters. The second-order valence-corrected chi connectivity index (χ2v) is 16.2. The Morgan fingerprint density at radius 3 is 2.11 bits per heavy atom. The molecule has 0 N–H and O–H groups in total. The van der Waals surface area contributed by atoms with Crippen molar-refractivity contribution in [1.29, 1.82) is 0 Å². The summed E-state index contributed by atoms with van der Waals surface area (Å²) in [5.74, 6) is 2.12. The molecule has 5 aliphatic rings. The van der Waals surface area contributed by atoms with E-state index in [9.17, 15) is 9.59 Å². The zero-order valence-electron chi connectivity index (χ0n) is 24.2. The van der Waals surface area contributed by atoms with Gasteiger partial charge < -0.3 is 4.74 Å². The number of ketones is 1. The highest BCUT2D eigenvalue weighted by atomic mass is 16.5. The lowest BCUT2D eigenvalue weighted by molar-refractivity contribution is -0.246. The lowest BCUT2D eigenvalue weighted by atomic mass is 9.31. The molecule has 0 heterocycles. The minimum atomic E-state index is -0.156. The van der Waals surface area contributed by atoms with Crippen LogP contribution in [0, 0.1) is 56.2 Å². The van der Waals surface area contributed by atoms with Gasteiger partial charge in [-0.15, -0.1) is 0 Å². The van der Waals surface area contributed by atoms with Crippen LogP contribution in [-0.2, 0) is 14.3 Å². The van der Waals surface area contributed by atoms with Gasteiger partial charge in [-0.3, -0.25) is 9.59 Å². The Morgan fingerprint density at radius 1 is 0.800 bits per heavy atom. The molecule has 35 heavy (non-hydrogen) atoms.